The molecule has 0 atom stereocenters. The van der Waals surface area contributed by atoms with Gasteiger partial charge in [-0.2, -0.15) is 0 Å². The Kier molecular flexibility index (Phi) is 6.52. The summed E-state index contributed by atoms with van der Waals surface area (Å²) in [6, 6.07) is 51.3. The van der Waals surface area contributed by atoms with Crippen LogP contribution in [-0.4, -0.2) is 18.8 Å². The van der Waals surface area contributed by atoms with Crippen LogP contribution in [-0.2, 0) is 0 Å². The Hall–Kier alpha value is -4.60. The Bertz CT molecular complexity index is 1580. The van der Waals surface area contributed by atoms with Crippen LogP contribution in [0.3, 0.4) is 0 Å². The Morgan fingerprint density at radius 3 is 1.70 bits per heavy atom. The molecule has 175 valence electrons. The lowest BCUT2D eigenvalue weighted by atomic mass is 10.0. The molecule has 1 radical (unpaired) electrons. The van der Waals surface area contributed by atoms with Crippen molar-refractivity contribution < 1.29 is 0 Å². The number of hydrogen-bond donors (Lipinski definition) is 0. The molecule has 0 aliphatic carbocycles. The number of benzene rings is 4. The van der Waals surface area contributed by atoms with E-state index in [0.29, 0.717) is 0 Å². The van der Waals surface area contributed by atoms with E-state index in [1.807, 2.05) is 24.4 Å². The lowest BCUT2D eigenvalue weighted by molar-refractivity contribution is 1.31. The van der Waals surface area contributed by atoms with Crippen molar-refractivity contribution in [1.82, 2.24) is 9.97 Å². The van der Waals surface area contributed by atoms with E-state index in [4.69, 9.17) is 4.98 Å². The molecule has 0 fully saturated rings. The van der Waals surface area contributed by atoms with Crippen molar-refractivity contribution in [1.29, 1.82) is 0 Å². The fourth-order valence-corrected chi connectivity index (χ4v) is 7.48. The highest BCUT2D eigenvalue weighted by Gasteiger charge is 2.23. The van der Waals surface area contributed by atoms with Gasteiger partial charge in [-0.15, -0.1) is 0 Å². The molecule has 0 N–H and O–H groups in total. The molecule has 2 heterocycles. The predicted molar refractivity (Wildman–Crippen MR) is 156 cm³/mol. The number of pyridine rings is 2. The second kappa shape index (κ2) is 10.6. The quantitative estimate of drug-likeness (QED) is 0.212. The van der Waals surface area contributed by atoms with Crippen LogP contribution in [0.15, 0.2) is 152 Å². The molecule has 6 rings (SSSR count). The molecule has 0 aliphatic rings. The summed E-state index contributed by atoms with van der Waals surface area (Å²) in [7, 11) is -1.22. The summed E-state index contributed by atoms with van der Waals surface area (Å²) in [6.07, 6.45) is 1.83. The van der Waals surface area contributed by atoms with Gasteiger partial charge in [-0.1, -0.05) is 126 Å². The molecular formula is C34H25N2Si. The van der Waals surface area contributed by atoms with Crippen molar-refractivity contribution >= 4 is 24.4 Å². The highest BCUT2D eigenvalue weighted by atomic mass is 28.3. The third-order valence-corrected chi connectivity index (χ3v) is 9.26. The van der Waals surface area contributed by atoms with Gasteiger partial charge in [0.05, 0.1) is 17.1 Å². The van der Waals surface area contributed by atoms with Crippen molar-refractivity contribution in [2.24, 2.45) is 0 Å². The Morgan fingerprint density at radius 2 is 1.00 bits per heavy atom. The second-order valence-electron chi connectivity index (χ2n) is 8.86. The monoisotopic (exact) mass is 489 g/mol. The van der Waals surface area contributed by atoms with Gasteiger partial charge in [-0.25, -0.2) is 4.98 Å². The minimum atomic E-state index is -1.22. The predicted octanol–water partition coefficient (Wildman–Crippen LogP) is 5.99. The van der Waals surface area contributed by atoms with Gasteiger partial charge in [0.1, 0.15) is 0 Å². The lowest BCUT2D eigenvalue weighted by Gasteiger charge is -2.20. The molecule has 0 saturated carbocycles. The molecular weight excluding hydrogens is 464 g/mol. The molecule has 0 unspecified atom stereocenters. The molecule has 4 aromatic carbocycles. The van der Waals surface area contributed by atoms with Crippen LogP contribution in [0.1, 0.15) is 0 Å². The number of aromatic nitrogens is 2. The summed E-state index contributed by atoms with van der Waals surface area (Å²) in [5.74, 6) is 0. The molecule has 37 heavy (non-hydrogen) atoms. The van der Waals surface area contributed by atoms with Gasteiger partial charge < -0.3 is 0 Å². The highest BCUT2D eigenvalue weighted by Crippen LogP contribution is 2.26. The average Bonchev–Trinajstić information content (AvgIpc) is 2.99. The van der Waals surface area contributed by atoms with E-state index in [0.717, 1.165) is 28.2 Å². The topological polar surface area (TPSA) is 25.8 Å². The summed E-state index contributed by atoms with van der Waals surface area (Å²) in [4.78, 5) is 9.69. The van der Waals surface area contributed by atoms with Gasteiger partial charge in [0.2, 0.25) is 0 Å². The summed E-state index contributed by atoms with van der Waals surface area (Å²) in [5, 5.41) is 4.08. The van der Waals surface area contributed by atoms with Gasteiger partial charge in [-0.3, -0.25) is 4.98 Å². The van der Waals surface area contributed by atoms with E-state index in [2.05, 4.69) is 132 Å². The molecule has 6 aromatic rings. The van der Waals surface area contributed by atoms with Gasteiger partial charge >= 0.3 is 0 Å². The summed E-state index contributed by atoms with van der Waals surface area (Å²) < 4.78 is 0. The smallest absolute Gasteiger partial charge is 0.155 e. The molecule has 0 spiro atoms. The van der Waals surface area contributed by atoms with Crippen molar-refractivity contribution in [3.8, 4) is 33.8 Å². The van der Waals surface area contributed by atoms with Crippen molar-refractivity contribution in [3.63, 3.8) is 0 Å². The van der Waals surface area contributed by atoms with Gasteiger partial charge in [0, 0.05) is 17.3 Å². The first-order chi connectivity index (χ1) is 18.4. The lowest BCUT2D eigenvalue weighted by Crippen LogP contribution is -2.52. The zero-order chi connectivity index (χ0) is 24.9. The van der Waals surface area contributed by atoms with Crippen LogP contribution in [0.25, 0.3) is 33.8 Å². The van der Waals surface area contributed by atoms with Crippen LogP contribution >= 0.6 is 0 Å². The van der Waals surface area contributed by atoms with Gasteiger partial charge in [-0.05, 0) is 41.1 Å². The summed E-state index contributed by atoms with van der Waals surface area (Å²) in [5.41, 5.74) is 6.27. The zero-order valence-corrected chi connectivity index (χ0v) is 21.3. The maximum Gasteiger partial charge on any atom is 0.155 e. The van der Waals surface area contributed by atoms with Crippen LogP contribution in [0.2, 0.25) is 0 Å². The molecule has 0 saturated heterocycles. The fourth-order valence-electron chi connectivity index (χ4n) is 4.73. The normalized spacial score (nSPS) is 10.9. The molecule has 2 nitrogen and oxygen atoms in total. The van der Waals surface area contributed by atoms with E-state index in [1.54, 1.807) is 0 Å². The fraction of sp³-hybridized carbons (Fsp3) is 0. The largest absolute Gasteiger partial charge is 0.256 e. The van der Waals surface area contributed by atoms with E-state index >= 15 is 0 Å². The maximum absolute atomic E-state index is 5.17. The van der Waals surface area contributed by atoms with E-state index < -0.39 is 8.80 Å². The summed E-state index contributed by atoms with van der Waals surface area (Å²) >= 11 is 0. The van der Waals surface area contributed by atoms with Crippen LogP contribution in [0.5, 0.6) is 0 Å². The number of rotatable bonds is 6. The molecule has 0 bridgehead atoms. The number of nitrogens with zero attached hydrogens (tertiary/aromatic N) is 2. The Labute approximate surface area is 219 Å². The molecule has 2 aromatic heterocycles. The molecule has 3 heteroatoms. The first kappa shape index (κ1) is 22.8. The Morgan fingerprint density at radius 1 is 0.432 bits per heavy atom. The molecule has 0 amide bonds. The minimum Gasteiger partial charge on any atom is -0.256 e. The van der Waals surface area contributed by atoms with Crippen LogP contribution < -0.4 is 15.6 Å². The maximum atomic E-state index is 5.17. The first-order valence-corrected chi connectivity index (χ1v) is 13.9. The van der Waals surface area contributed by atoms with Crippen LogP contribution in [0.4, 0.5) is 0 Å². The SMILES string of the molecule is c1ccc([Si](c2ccccc2)c2ccccc2-c2cccc(-c3cccc(-c4ccccn4)c3)n2)cc1. The van der Waals surface area contributed by atoms with Gasteiger partial charge in [0.15, 0.2) is 8.80 Å². The average molecular weight is 490 g/mol. The van der Waals surface area contributed by atoms with E-state index in [1.165, 1.54) is 21.1 Å². The van der Waals surface area contributed by atoms with Crippen LogP contribution in [0, 0.1) is 0 Å². The van der Waals surface area contributed by atoms with Crippen molar-refractivity contribution in [2.75, 3.05) is 0 Å². The number of hydrogen-bond acceptors (Lipinski definition) is 2. The van der Waals surface area contributed by atoms with Gasteiger partial charge in [0.25, 0.3) is 0 Å². The van der Waals surface area contributed by atoms with Crippen molar-refractivity contribution in [2.45, 2.75) is 0 Å². The summed E-state index contributed by atoms with van der Waals surface area (Å²) in [6.45, 7) is 0. The standard InChI is InChI=1S/C34H25N2Si/c1-3-15-28(16-4-1)37(29-17-5-2-6-18-29)34-23-8-7-19-30(34)33-22-12-21-32(36-33)27-14-11-13-26(25-27)31-20-9-10-24-35-31/h1-25H. The van der Waals surface area contributed by atoms with Crippen molar-refractivity contribution in [3.05, 3.63) is 152 Å². The zero-order valence-electron chi connectivity index (χ0n) is 20.3. The first-order valence-electron chi connectivity index (χ1n) is 12.4. The second-order valence-corrected chi connectivity index (χ2v) is 11.3. The van der Waals surface area contributed by atoms with E-state index in [9.17, 15) is 0 Å². The van der Waals surface area contributed by atoms with E-state index in [-0.39, 0.29) is 0 Å². The molecule has 0 aliphatic heterocycles. The highest BCUT2D eigenvalue weighted by molar-refractivity contribution is 6.96. The minimum absolute atomic E-state index is 0.957. The third kappa shape index (κ3) is 4.90. The third-order valence-electron chi connectivity index (χ3n) is 6.47. The Balaban J connectivity index is 1.45.